The van der Waals surface area contributed by atoms with Gasteiger partial charge in [0.1, 0.15) is 5.82 Å². The Morgan fingerprint density at radius 3 is 2.82 bits per heavy atom. The van der Waals surface area contributed by atoms with Gasteiger partial charge in [0.05, 0.1) is 12.2 Å². The molecule has 2 rings (SSSR count). The van der Waals surface area contributed by atoms with Crippen LogP contribution >= 0.6 is 24.0 Å². The Labute approximate surface area is 119 Å². The topological polar surface area (TPSA) is 62.2 Å². The van der Waals surface area contributed by atoms with E-state index in [1.54, 1.807) is 0 Å². The van der Waals surface area contributed by atoms with E-state index in [1.165, 1.54) is 0 Å². The van der Waals surface area contributed by atoms with Gasteiger partial charge < -0.3 is 10.6 Å². The van der Waals surface area contributed by atoms with Gasteiger partial charge in [0.2, 0.25) is 0 Å². The highest BCUT2D eigenvalue weighted by Gasteiger charge is 2.04. The van der Waals surface area contributed by atoms with Crippen LogP contribution in [0.3, 0.4) is 0 Å². The molecule has 2 heterocycles. The molecular formula is C11H18IN5. The molecule has 17 heavy (non-hydrogen) atoms. The molecular weight excluding hydrogens is 329 g/mol. The van der Waals surface area contributed by atoms with Crippen LogP contribution < -0.4 is 10.6 Å². The number of aromatic nitrogens is 2. The van der Waals surface area contributed by atoms with Gasteiger partial charge in [-0.3, -0.25) is 4.99 Å². The molecule has 0 aliphatic carbocycles. The van der Waals surface area contributed by atoms with Gasteiger partial charge in [-0.25, -0.2) is 9.97 Å². The Hall–Kier alpha value is -0.920. The predicted molar refractivity (Wildman–Crippen MR) is 78.7 cm³/mol. The largest absolute Gasteiger partial charge is 0.356 e. The minimum atomic E-state index is 0. The number of aliphatic imine (C=N–C) groups is 1. The fraction of sp³-hybridized carbons (Fsp3) is 0.545. The van der Waals surface area contributed by atoms with Gasteiger partial charge in [0.25, 0.3) is 0 Å². The molecule has 0 aromatic carbocycles. The van der Waals surface area contributed by atoms with Gasteiger partial charge in [0, 0.05) is 18.8 Å². The molecule has 1 aliphatic rings. The van der Waals surface area contributed by atoms with E-state index in [-0.39, 0.29) is 24.0 Å². The van der Waals surface area contributed by atoms with E-state index in [9.17, 15) is 0 Å². The lowest BCUT2D eigenvalue weighted by Crippen LogP contribution is -2.40. The van der Waals surface area contributed by atoms with Crippen LogP contribution in [0.1, 0.15) is 23.6 Å². The normalized spacial score (nSPS) is 14.4. The molecule has 0 bridgehead atoms. The van der Waals surface area contributed by atoms with E-state index in [1.807, 2.05) is 19.9 Å². The molecule has 1 aromatic rings. The molecule has 0 amide bonds. The number of nitrogens with one attached hydrogen (secondary N) is 2. The van der Waals surface area contributed by atoms with Crippen LogP contribution in [0.15, 0.2) is 11.1 Å². The summed E-state index contributed by atoms with van der Waals surface area (Å²) >= 11 is 0. The Kier molecular flexibility index (Phi) is 5.60. The molecule has 0 saturated heterocycles. The summed E-state index contributed by atoms with van der Waals surface area (Å²) in [6.45, 7) is 6.47. The summed E-state index contributed by atoms with van der Waals surface area (Å²) in [5.74, 6) is 1.69. The third-order valence-electron chi connectivity index (χ3n) is 2.35. The molecule has 0 unspecified atom stereocenters. The molecule has 0 radical (unpaired) electrons. The Bertz CT molecular complexity index is 385. The zero-order chi connectivity index (χ0) is 11.4. The molecule has 0 saturated carbocycles. The van der Waals surface area contributed by atoms with Crippen molar-refractivity contribution in [3.8, 4) is 0 Å². The number of guanidine groups is 1. The molecule has 6 heteroatoms. The van der Waals surface area contributed by atoms with E-state index < -0.39 is 0 Å². The van der Waals surface area contributed by atoms with Crippen LogP contribution in [0.5, 0.6) is 0 Å². The quantitative estimate of drug-likeness (QED) is 0.788. The average Bonchev–Trinajstić information content (AvgIpc) is 2.27. The lowest BCUT2D eigenvalue weighted by molar-refractivity contribution is 0.696. The third-order valence-corrected chi connectivity index (χ3v) is 2.35. The fourth-order valence-corrected chi connectivity index (χ4v) is 1.71. The van der Waals surface area contributed by atoms with Gasteiger partial charge >= 0.3 is 0 Å². The summed E-state index contributed by atoms with van der Waals surface area (Å²) in [4.78, 5) is 12.9. The van der Waals surface area contributed by atoms with Crippen molar-refractivity contribution in [2.24, 2.45) is 4.99 Å². The first kappa shape index (κ1) is 14.1. The van der Waals surface area contributed by atoms with Crippen molar-refractivity contribution in [1.29, 1.82) is 0 Å². The van der Waals surface area contributed by atoms with Crippen LogP contribution in [0.4, 0.5) is 0 Å². The van der Waals surface area contributed by atoms with Crippen molar-refractivity contribution in [2.75, 3.05) is 13.1 Å². The lowest BCUT2D eigenvalue weighted by atomic mass is 10.3. The maximum absolute atomic E-state index is 4.36. The summed E-state index contributed by atoms with van der Waals surface area (Å²) in [5, 5.41) is 6.45. The highest BCUT2D eigenvalue weighted by molar-refractivity contribution is 14.0. The van der Waals surface area contributed by atoms with Crippen molar-refractivity contribution >= 4 is 29.9 Å². The molecule has 0 spiro atoms. The van der Waals surface area contributed by atoms with Crippen LogP contribution in [0, 0.1) is 13.8 Å². The maximum atomic E-state index is 4.36. The lowest BCUT2D eigenvalue weighted by Gasteiger charge is -2.15. The summed E-state index contributed by atoms with van der Waals surface area (Å²) in [5.41, 5.74) is 2.00. The number of hydrogen-bond donors (Lipinski definition) is 2. The van der Waals surface area contributed by atoms with E-state index in [0.29, 0.717) is 6.54 Å². The maximum Gasteiger partial charge on any atom is 0.191 e. The van der Waals surface area contributed by atoms with Crippen molar-refractivity contribution in [3.63, 3.8) is 0 Å². The Balaban J connectivity index is 0.00000144. The van der Waals surface area contributed by atoms with Crippen LogP contribution in [0.25, 0.3) is 0 Å². The van der Waals surface area contributed by atoms with Gasteiger partial charge in [-0.2, -0.15) is 0 Å². The van der Waals surface area contributed by atoms with Crippen LogP contribution in [-0.2, 0) is 6.54 Å². The SMILES string of the molecule is Cc1cc(CNC2=NCCCN2)nc(C)n1.I. The molecule has 2 N–H and O–H groups in total. The minimum absolute atomic E-state index is 0. The summed E-state index contributed by atoms with van der Waals surface area (Å²) in [7, 11) is 0. The van der Waals surface area contributed by atoms with E-state index >= 15 is 0 Å². The van der Waals surface area contributed by atoms with Crippen molar-refractivity contribution in [3.05, 3.63) is 23.3 Å². The molecule has 1 aliphatic heterocycles. The first-order valence-electron chi connectivity index (χ1n) is 5.57. The third kappa shape index (κ3) is 4.45. The molecule has 1 aromatic heterocycles. The van der Waals surface area contributed by atoms with E-state index in [0.717, 1.165) is 42.7 Å². The smallest absolute Gasteiger partial charge is 0.191 e. The summed E-state index contributed by atoms with van der Waals surface area (Å²) < 4.78 is 0. The van der Waals surface area contributed by atoms with Gasteiger partial charge in [-0.15, -0.1) is 24.0 Å². The van der Waals surface area contributed by atoms with Gasteiger partial charge in [-0.05, 0) is 26.3 Å². The first-order chi connectivity index (χ1) is 7.74. The second-order valence-electron chi connectivity index (χ2n) is 3.91. The minimum Gasteiger partial charge on any atom is -0.356 e. The van der Waals surface area contributed by atoms with Crippen molar-refractivity contribution in [1.82, 2.24) is 20.6 Å². The number of rotatable bonds is 2. The Morgan fingerprint density at radius 1 is 1.35 bits per heavy atom. The summed E-state index contributed by atoms with van der Waals surface area (Å²) in [6, 6.07) is 1.99. The van der Waals surface area contributed by atoms with Crippen molar-refractivity contribution < 1.29 is 0 Å². The number of halogens is 1. The van der Waals surface area contributed by atoms with Crippen LogP contribution in [-0.4, -0.2) is 29.0 Å². The first-order valence-corrected chi connectivity index (χ1v) is 5.57. The standard InChI is InChI=1S/C11H17N5.HI/c1-8-6-10(16-9(2)15-8)7-14-11-12-4-3-5-13-11;/h6H,3-5,7H2,1-2H3,(H2,12,13,14);1H. The molecule has 0 atom stereocenters. The summed E-state index contributed by atoms with van der Waals surface area (Å²) in [6.07, 6.45) is 1.11. The van der Waals surface area contributed by atoms with Gasteiger partial charge in [-0.1, -0.05) is 0 Å². The van der Waals surface area contributed by atoms with Gasteiger partial charge in [0.15, 0.2) is 5.96 Å². The number of nitrogens with zero attached hydrogens (tertiary/aromatic N) is 3. The number of aryl methyl sites for hydroxylation is 2. The molecule has 94 valence electrons. The highest BCUT2D eigenvalue weighted by atomic mass is 127. The molecule has 0 fully saturated rings. The van der Waals surface area contributed by atoms with E-state index in [2.05, 4.69) is 25.6 Å². The average molecular weight is 347 g/mol. The highest BCUT2D eigenvalue weighted by Crippen LogP contribution is 1.99. The Morgan fingerprint density at radius 2 is 2.18 bits per heavy atom. The van der Waals surface area contributed by atoms with Crippen molar-refractivity contribution in [2.45, 2.75) is 26.8 Å². The number of hydrogen-bond acceptors (Lipinski definition) is 5. The zero-order valence-electron chi connectivity index (χ0n) is 10.2. The second-order valence-corrected chi connectivity index (χ2v) is 3.91. The second kappa shape index (κ2) is 6.73. The monoisotopic (exact) mass is 347 g/mol. The van der Waals surface area contributed by atoms with Crippen LogP contribution in [0.2, 0.25) is 0 Å². The molecule has 5 nitrogen and oxygen atoms in total. The zero-order valence-corrected chi connectivity index (χ0v) is 12.5. The fourth-order valence-electron chi connectivity index (χ4n) is 1.71. The predicted octanol–water partition coefficient (Wildman–Crippen LogP) is 1.15. The van der Waals surface area contributed by atoms with E-state index in [4.69, 9.17) is 0 Å².